The van der Waals surface area contributed by atoms with E-state index in [1.165, 1.54) is 0 Å². The number of rotatable bonds is 3. The topological polar surface area (TPSA) is 38.8 Å². The molecule has 17 heavy (non-hydrogen) atoms. The molecule has 0 aromatic rings. The van der Waals surface area contributed by atoms with Crippen molar-refractivity contribution in [3.05, 3.63) is 0 Å². The van der Waals surface area contributed by atoms with Crippen LogP contribution in [0.3, 0.4) is 0 Å². The third kappa shape index (κ3) is 5.39. The van der Waals surface area contributed by atoms with Crippen molar-refractivity contribution in [3.63, 3.8) is 0 Å². The molecule has 1 rings (SSSR count). The van der Waals surface area contributed by atoms with E-state index in [0.717, 1.165) is 39.0 Å². The summed E-state index contributed by atoms with van der Waals surface area (Å²) in [6.07, 6.45) is 3.03. The molecule has 4 nitrogen and oxygen atoms in total. The van der Waals surface area contributed by atoms with Crippen molar-refractivity contribution in [2.24, 2.45) is 5.92 Å². The molecule has 0 saturated carbocycles. The Labute approximate surface area is 104 Å². The number of hydrogen-bond donors (Lipinski definition) is 0. The van der Waals surface area contributed by atoms with Crippen LogP contribution in [0.4, 0.5) is 4.79 Å². The molecule has 1 fully saturated rings. The molecule has 0 radical (unpaired) electrons. The van der Waals surface area contributed by atoms with Crippen LogP contribution in [0.5, 0.6) is 0 Å². The van der Waals surface area contributed by atoms with E-state index in [-0.39, 0.29) is 6.09 Å². The Morgan fingerprint density at radius 3 is 2.35 bits per heavy atom. The SMILES string of the molecule is COCCC1CCN(C(=O)OC(C)(C)C)CC1. The van der Waals surface area contributed by atoms with E-state index in [1.54, 1.807) is 7.11 Å². The molecule has 0 spiro atoms. The minimum Gasteiger partial charge on any atom is -0.444 e. The lowest BCUT2D eigenvalue weighted by Crippen LogP contribution is -2.41. The largest absolute Gasteiger partial charge is 0.444 e. The molecular weight excluding hydrogens is 218 g/mol. The second-order valence-electron chi connectivity index (χ2n) is 5.69. The maximum Gasteiger partial charge on any atom is 0.410 e. The predicted octanol–water partition coefficient (Wildman–Crippen LogP) is 2.67. The number of piperidine rings is 1. The molecule has 4 heteroatoms. The Kier molecular flexibility index (Phi) is 5.25. The third-order valence-electron chi connectivity index (χ3n) is 3.00. The molecule has 0 bridgehead atoms. The zero-order chi connectivity index (χ0) is 12.9. The fraction of sp³-hybridized carbons (Fsp3) is 0.923. The molecule has 0 N–H and O–H groups in total. The van der Waals surface area contributed by atoms with Gasteiger partial charge < -0.3 is 14.4 Å². The highest BCUT2D eigenvalue weighted by atomic mass is 16.6. The first-order valence-corrected chi connectivity index (χ1v) is 6.39. The summed E-state index contributed by atoms with van der Waals surface area (Å²) in [5.74, 6) is 0.689. The van der Waals surface area contributed by atoms with Gasteiger partial charge in [-0.05, 0) is 46.0 Å². The Morgan fingerprint density at radius 2 is 1.88 bits per heavy atom. The minimum atomic E-state index is -0.399. The number of carbonyl (C=O) groups is 1. The first-order valence-electron chi connectivity index (χ1n) is 6.39. The molecule has 0 aromatic heterocycles. The molecule has 0 unspecified atom stereocenters. The molecule has 1 saturated heterocycles. The summed E-state index contributed by atoms with van der Waals surface area (Å²) in [6, 6.07) is 0. The summed E-state index contributed by atoms with van der Waals surface area (Å²) in [5, 5.41) is 0. The maximum absolute atomic E-state index is 11.8. The number of ether oxygens (including phenoxy) is 2. The van der Waals surface area contributed by atoms with Gasteiger partial charge in [-0.25, -0.2) is 4.79 Å². The monoisotopic (exact) mass is 243 g/mol. The predicted molar refractivity (Wildman–Crippen MR) is 67.0 cm³/mol. The van der Waals surface area contributed by atoms with Crippen molar-refractivity contribution in [1.29, 1.82) is 0 Å². The molecule has 1 heterocycles. The molecule has 1 amide bonds. The first kappa shape index (κ1) is 14.3. The van der Waals surface area contributed by atoms with Crippen LogP contribution in [0.15, 0.2) is 0 Å². The van der Waals surface area contributed by atoms with Crippen LogP contribution in [-0.2, 0) is 9.47 Å². The normalized spacial score (nSPS) is 18.2. The molecule has 100 valence electrons. The quantitative estimate of drug-likeness (QED) is 0.765. The molecule has 0 aliphatic carbocycles. The summed E-state index contributed by atoms with van der Waals surface area (Å²) in [7, 11) is 1.73. The second-order valence-corrected chi connectivity index (χ2v) is 5.69. The van der Waals surface area contributed by atoms with Gasteiger partial charge in [0.2, 0.25) is 0 Å². The Morgan fingerprint density at radius 1 is 1.29 bits per heavy atom. The molecule has 0 aromatic carbocycles. The van der Waals surface area contributed by atoms with Gasteiger partial charge in [-0.15, -0.1) is 0 Å². The van der Waals surface area contributed by atoms with Crippen LogP contribution in [0.25, 0.3) is 0 Å². The number of methoxy groups -OCH3 is 1. The van der Waals surface area contributed by atoms with Crippen LogP contribution in [0, 0.1) is 5.92 Å². The van der Waals surface area contributed by atoms with E-state index < -0.39 is 5.60 Å². The second kappa shape index (κ2) is 6.24. The van der Waals surface area contributed by atoms with Crippen molar-refractivity contribution in [2.75, 3.05) is 26.8 Å². The molecule has 1 aliphatic rings. The van der Waals surface area contributed by atoms with Gasteiger partial charge in [-0.2, -0.15) is 0 Å². The first-order chi connectivity index (χ1) is 7.92. The Balaban J connectivity index is 2.29. The molecule has 0 atom stereocenters. The summed E-state index contributed by atoms with van der Waals surface area (Å²) in [4.78, 5) is 13.6. The summed E-state index contributed by atoms with van der Waals surface area (Å²) in [5.41, 5.74) is -0.399. The van der Waals surface area contributed by atoms with Crippen LogP contribution < -0.4 is 0 Å². The Bertz CT molecular complexity index is 240. The summed E-state index contributed by atoms with van der Waals surface area (Å²) >= 11 is 0. The van der Waals surface area contributed by atoms with E-state index in [4.69, 9.17) is 9.47 Å². The van der Waals surface area contributed by atoms with Gasteiger partial charge in [0.05, 0.1) is 0 Å². The average molecular weight is 243 g/mol. The van der Waals surface area contributed by atoms with Crippen molar-refractivity contribution in [2.45, 2.75) is 45.6 Å². The lowest BCUT2D eigenvalue weighted by atomic mass is 9.94. The van der Waals surface area contributed by atoms with E-state index in [2.05, 4.69) is 0 Å². The van der Waals surface area contributed by atoms with Gasteiger partial charge in [-0.1, -0.05) is 0 Å². The van der Waals surface area contributed by atoms with Crippen molar-refractivity contribution < 1.29 is 14.3 Å². The number of likely N-dealkylation sites (tertiary alicyclic amines) is 1. The van der Waals surface area contributed by atoms with Crippen LogP contribution in [0.2, 0.25) is 0 Å². The van der Waals surface area contributed by atoms with Gasteiger partial charge >= 0.3 is 6.09 Å². The van der Waals surface area contributed by atoms with Crippen LogP contribution >= 0.6 is 0 Å². The summed E-state index contributed by atoms with van der Waals surface area (Å²) in [6.45, 7) is 8.13. The smallest absolute Gasteiger partial charge is 0.410 e. The fourth-order valence-electron chi connectivity index (χ4n) is 2.02. The number of hydrogen-bond acceptors (Lipinski definition) is 3. The number of nitrogens with zero attached hydrogens (tertiary/aromatic N) is 1. The maximum atomic E-state index is 11.8. The minimum absolute atomic E-state index is 0.178. The van der Waals surface area contributed by atoms with Gasteiger partial charge in [0.15, 0.2) is 0 Å². The highest BCUT2D eigenvalue weighted by Crippen LogP contribution is 2.22. The van der Waals surface area contributed by atoms with Gasteiger partial charge in [0.1, 0.15) is 5.60 Å². The zero-order valence-electron chi connectivity index (χ0n) is 11.5. The van der Waals surface area contributed by atoms with Gasteiger partial charge in [0, 0.05) is 26.8 Å². The third-order valence-corrected chi connectivity index (χ3v) is 3.00. The Hall–Kier alpha value is -0.770. The fourth-order valence-corrected chi connectivity index (χ4v) is 2.02. The van der Waals surface area contributed by atoms with E-state index in [1.807, 2.05) is 25.7 Å². The van der Waals surface area contributed by atoms with E-state index in [0.29, 0.717) is 5.92 Å². The van der Waals surface area contributed by atoms with Crippen molar-refractivity contribution in [3.8, 4) is 0 Å². The highest BCUT2D eigenvalue weighted by molar-refractivity contribution is 5.68. The number of carbonyl (C=O) groups excluding carboxylic acids is 1. The lowest BCUT2D eigenvalue weighted by molar-refractivity contribution is 0.0172. The van der Waals surface area contributed by atoms with Crippen molar-refractivity contribution >= 4 is 6.09 Å². The van der Waals surface area contributed by atoms with Gasteiger partial charge in [0.25, 0.3) is 0 Å². The standard InChI is InChI=1S/C13H25NO3/c1-13(2,3)17-12(15)14-8-5-11(6-9-14)7-10-16-4/h11H,5-10H2,1-4H3. The summed E-state index contributed by atoms with van der Waals surface area (Å²) < 4.78 is 10.4. The van der Waals surface area contributed by atoms with E-state index >= 15 is 0 Å². The molecule has 1 aliphatic heterocycles. The highest BCUT2D eigenvalue weighted by Gasteiger charge is 2.26. The van der Waals surface area contributed by atoms with E-state index in [9.17, 15) is 4.79 Å². The lowest BCUT2D eigenvalue weighted by Gasteiger charge is -2.33. The molecular formula is C13H25NO3. The van der Waals surface area contributed by atoms with Gasteiger partial charge in [-0.3, -0.25) is 0 Å². The average Bonchev–Trinajstić information content (AvgIpc) is 2.24. The zero-order valence-corrected chi connectivity index (χ0v) is 11.5. The van der Waals surface area contributed by atoms with Crippen LogP contribution in [-0.4, -0.2) is 43.4 Å². The number of amides is 1. The van der Waals surface area contributed by atoms with Crippen LogP contribution in [0.1, 0.15) is 40.0 Å². The van der Waals surface area contributed by atoms with Crippen molar-refractivity contribution in [1.82, 2.24) is 4.90 Å².